The first-order valence-corrected chi connectivity index (χ1v) is 10.9. The lowest BCUT2D eigenvalue weighted by atomic mass is 9.75. The first-order chi connectivity index (χ1) is 11.3. The molecule has 0 spiro atoms. The van der Waals surface area contributed by atoms with Crippen LogP contribution in [0.5, 0.6) is 0 Å². The van der Waals surface area contributed by atoms with Crippen molar-refractivity contribution in [2.45, 2.75) is 64.8 Å². The van der Waals surface area contributed by atoms with Crippen LogP contribution < -0.4 is 15.4 Å². The summed E-state index contributed by atoms with van der Waals surface area (Å²) >= 11 is 0. The fourth-order valence-electron chi connectivity index (χ4n) is 3.25. The molecule has 0 aromatic heterocycles. The fourth-order valence-corrected chi connectivity index (χ4v) is 4.25. The third kappa shape index (κ3) is 6.59. The molecule has 0 aromatic rings. The summed E-state index contributed by atoms with van der Waals surface area (Å²) in [7, 11) is -1.47. The van der Waals surface area contributed by atoms with Gasteiger partial charge in [0, 0.05) is 26.2 Å². The number of nitrogens with one attached hydrogen (secondary N) is 3. The first-order valence-electron chi connectivity index (χ1n) is 9.24. The van der Waals surface area contributed by atoms with Gasteiger partial charge < -0.3 is 10.6 Å². The van der Waals surface area contributed by atoms with Crippen molar-refractivity contribution in [2.75, 3.05) is 25.9 Å². The summed E-state index contributed by atoms with van der Waals surface area (Å²) in [6.45, 7) is 5.60. The maximum absolute atomic E-state index is 12.0. The second-order valence-corrected chi connectivity index (χ2v) is 9.97. The zero-order chi connectivity index (χ0) is 17.6. The molecule has 0 aliphatic heterocycles. The van der Waals surface area contributed by atoms with Gasteiger partial charge in [-0.1, -0.05) is 20.3 Å². The predicted molar refractivity (Wildman–Crippen MR) is 99.7 cm³/mol. The van der Waals surface area contributed by atoms with E-state index in [1.807, 2.05) is 0 Å². The van der Waals surface area contributed by atoms with Gasteiger partial charge in [0.25, 0.3) is 0 Å². The van der Waals surface area contributed by atoms with Crippen LogP contribution in [0.2, 0.25) is 0 Å². The Bertz CT molecular complexity index is 517. The molecule has 3 N–H and O–H groups in total. The Morgan fingerprint density at radius 3 is 2.38 bits per heavy atom. The van der Waals surface area contributed by atoms with Crippen LogP contribution in [0.25, 0.3) is 0 Å². The molecule has 2 aliphatic carbocycles. The quantitative estimate of drug-likeness (QED) is 0.479. The molecular formula is C17H34N4O2S. The number of sulfonamides is 1. The molecule has 2 fully saturated rings. The van der Waals surface area contributed by atoms with Crippen LogP contribution in [0.15, 0.2) is 4.99 Å². The minimum atomic E-state index is -3.20. The third-order valence-electron chi connectivity index (χ3n) is 5.38. The SMILES string of the molecule is CN=C(NCCS(=O)(=O)NCC1CCC1)NC1CCC(C)(C)CC1. The smallest absolute Gasteiger partial charge is 0.213 e. The van der Waals surface area contributed by atoms with Crippen LogP contribution >= 0.6 is 0 Å². The van der Waals surface area contributed by atoms with Crippen molar-refractivity contribution in [3.8, 4) is 0 Å². The van der Waals surface area contributed by atoms with Crippen molar-refractivity contribution in [2.24, 2.45) is 16.3 Å². The second kappa shape index (κ2) is 8.52. The van der Waals surface area contributed by atoms with Crippen LogP contribution in [0.3, 0.4) is 0 Å². The van der Waals surface area contributed by atoms with Gasteiger partial charge in [0.15, 0.2) is 5.96 Å². The molecular weight excluding hydrogens is 324 g/mol. The van der Waals surface area contributed by atoms with Gasteiger partial charge >= 0.3 is 0 Å². The highest BCUT2D eigenvalue weighted by atomic mass is 32.2. The third-order valence-corrected chi connectivity index (χ3v) is 6.73. The Balaban J connectivity index is 1.65. The number of nitrogens with zero attached hydrogens (tertiary/aromatic N) is 1. The van der Waals surface area contributed by atoms with Crippen LogP contribution in [0.1, 0.15) is 58.8 Å². The van der Waals surface area contributed by atoms with Gasteiger partial charge in [-0.2, -0.15) is 0 Å². The Labute approximate surface area is 147 Å². The van der Waals surface area contributed by atoms with Crippen molar-refractivity contribution in [1.82, 2.24) is 15.4 Å². The molecule has 0 radical (unpaired) electrons. The Morgan fingerprint density at radius 1 is 1.17 bits per heavy atom. The van der Waals surface area contributed by atoms with E-state index in [-0.39, 0.29) is 5.75 Å². The van der Waals surface area contributed by atoms with Crippen LogP contribution in [0.4, 0.5) is 0 Å². The number of hydrogen-bond acceptors (Lipinski definition) is 3. The highest BCUT2D eigenvalue weighted by Gasteiger charge is 2.27. The minimum Gasteiger partial charge on any atom is -0.355 e. The molecule has 0 unspecified atom stereocenters. The number of rotatable bonds is 7. The summed E-state index contributed by atoms with van der Waals surface area (Å²) in [4.78, 5) is 4.21. The highest BCUT2D eigenvalue weighted by molar-refractivity contribution is 7.89. The summed E-state index contributed by atoms with van der Waals surface area (Å²) in [6.07, 6.45) is 8.21. The topological polar surface area (TPSA) is 82.6 Å². The lowest BCUT2D eigenvalue weighted by molar-refractivity contribution is 0.216. The average molecular weight is 359 g/mol. The maximum Gasteiger partial charge on any atom is 0.213 e. The van der Waals surface area contributed by atoms with Gasteiger partial charge in [0.1, 0.15) is 0 Å². The normalized spacial score (nSPS) is 22.9. The number of aliphatic imine (C=N–C) groups is 1. The fraction of sp³-hybridized carbons (Fsp3) is 0.941. The molecule has 2 rings (SSSR count). The predicted octanol–water partition coefficient (Wildman–Crippen LogP) is 1.84. The van der Waals surface area contributed by atoms with Gasteiger partial charge in [-0.05, 0) is 49.9 Å². The van der Waals surface area contributed by atoms with E-state index in [0.717, 1.165) is 25.7 Å². The molecule has 2 saturated carbocycles. The molecule has 0 aromatic carbocycles. The molecule has 0 saturated heterocycles. The molecule has 7 heteroatoms. The van der Waals surface area contributed by atoms with Crippen molar-refractivity contribution < 1.29 is 8.42 Å². The molecule has 140 valence electrons. The Hall–Kier alpha value is -0.820. The van der Waals surface area contributed by atoms with Crippen molar-refractivity contribution >= 4 is 16.0 Å². The van der Waals surface area contributed by atoms with Crippen molar-refractivity contribution in [3.05, 3.63) is 0 Å². The number of guanidine groups is 1. The van der Waals surface area contributed by atoms with Gasteiger partial charge in [0.2, 0.25) is 10.0 Å². The van der Waals surface area contributed by atoms with Gasteiger partial charge in [0.05, 0.1) is 5.75 Å². The van der Waals surface area contributed by atoms with Crippen LogP contribution in [-0.2, 0) is 10.0 Å². The van der Waals surface area contributed by atoms with Crippen molar-refractivity contribution in [1.29, 1.82) is 0 Å². The summed E-state index contributed by atoms with van der Waals surface area (Å²) < 4.78 is 26.7. The zero-order valence-electron chi connectivity index (χ0n) is 15.4. The van der Waals surface area contributed by atoms with E-state index in [1.165, 1.54) is 19.3 Å². The largest absolute Gasteiger partial charge is 0.355 e. The first kappa shape index (κ1) is 19.5. The maximum atomic E-state index is 12.0. The van der Waals surface area contributed by atoms with E-state index in [0.29, 0.717) is 36.4 Å². The van der Waals surface area contributed by atoms with E-state index < -0.39 is 10.0 Å². The van der Waals surface area contributed by atoms with Gasteiger partial charge in [-0.25, -0.2) is 13.1 Å². The van der Waals surface area contributed by atoms with Gasteiger partial charge in [-0.15, -0.1) is 0 Å². The lowest BCUT2D eigenvalue weighted by Crippen LogP contribution is -2.47. The molecule has 6 nitrogen and oxygen atoms in total. The Kier molecular flexibility index (Phi) is 6.92. The number of hydrogen-bond donors (Lipinski definition) is 3. The monoisotopic (exact) mass is 358 g/mol. The Morgan fingerprint density at radius 2 is 1.83 bits per heavy atom. The highest BCUT2D eigenvalue weighted by Crippen LogP contribution is 2.34. The van der Waals surface area contributed by atoms with E-state index in [9.17, 15) is 8.42 Å². The molecule has 24 heavy (non-hydrogen) atoms. The summed E-state index contributed by atoms with van der Waals surface area (Å²) in [6, 6.07) is 0.428. The summed E-state index contributed by atoms with van der Waals surface area (Å²) in [5.41, 5.74) is 0.440. The van der Waals surface area contributed by atoms with Crippen LogP contribution in [-0.4, -0.2) is 46.3 Å². The standard InChI is InChI=1S/C17H34N4O2S/c1-17(2)9-7-15(8-10-17)21-16(18-3)19-11-12-24(22,23)20-13-14-5-4-6-14/h14-15,20H,4-13H2,1-3H3,(H2,18,19,21). The average Bonchev–Trinajstić information content (AvgIpc) is 2.46. The zero-order valence-corrected chi connectivity index (χ0v) is 16.2. The molecule has 0 atom stereocenters. The van der Waals surface area contributed by atoms with E-state index in [2.05, 4.69) is 34.2 Å². The van der Waals surface area contributed by atoms with E-state index >= 15 is 0 Å². The molecule has 0 heterocycles. The lowest BCUT2D eigenvalue weighted by Gasteiger charge is -2.35. The second-order valence-electron chi connectivity index (χ2n) is 8.05. The van der Waals surface area contributed by atoms with E-state index in [1.54, 1.807) is 7.05 Å². The minimum absolute atomic E-state index is 0.0815. The molecule has 0 amide bonds. The summed E-state index contributed by atoms with van der Waals surface area (Å²) in [5.74, 6) is 1.32. The van der Waals surface area contributed by atoms with E-state index in [4.69, 9.17) is 0 Å². The van der Waals surface area contributed by atoms with Crippen LogP contribution in [0, 0.1) is 11.3 Å². The van der Waals surface area contributed by atoms with Gasteiger partial charge in [-0.3, -0.25) is 4.99 Å². The molecule has 2 aliphatic rings. The molecule has 0 bridgehead atoms. The summed E-state index contributed by atoms with van der Waals surface area (Å²) in [5, 5.41) is 6.55. The van der Waals surface area contributed by atoms with Crippen molar-refractivity contribution in [3.63, 3.8) is 0 Å².